The van der Waals surface area contributed by atoms with E-state index in [1.165, 1.54) is 11.8 Å². The lowest BCUT2D eigenvalue weighted by molar-refractivity contribution is -0.117. The maximum Gasteiger partial charge on any atom is 0.236 e. The Morgan fingerprint density at radius 3 is 2.65 bits per heavy atom. The quantitative estimate of drug-likeness (QED) is 0.249. The molecule has 8 heteroatoms. The molecule has 0 saturated heterocycles. The first-order valence-corrected chi connectivity index (χ1v) is 12.0. The molecule has 4 nitrogen and oxygen atoms in total. The molecule has 31 heavy (non-hydrogen) atoms. The Labute approximate surface area is 199 Å². The third kappa shape index (κ3) is 5.43. The molecule has 0 aliphatic carbocycles. The first-order chi connectivity index (χ1) is 15.0. The highest BCUT2D eigenvalue weighted by Crippen LogP contribution is 2.34. The van der Waals surface area contributed by atoms with Gasteiger partial charge in [0.05, 0.1) is 16.0 Å². The molecular weight excluding hydrogens is 466 g/mol. The fourth-order valence-electron chi connectivity index (χ4n) is 2.99. The molecule has 4 rings (SSSR count). The zero-order chi connectivity index (χ0) is 21.8. The number of nitrogens with one attached hydrogen (secondary N) is 2. The molecule has 3 aromatic carbocycles. The zero-order valence-electron chi connectivity index (χ0n) is 16.5. The SMILES string of the molecule is Cc1c(NC(=S)NC(=O)CSc2ccc(Cl)cc2)cccc1-c1nc2ccccc2s1. The van der Waals surface area contributed by atoms with Crippen molar-refractivity contribution in [3.05, 3.63) is 77.3 Å². The van der Waals surface area contributed by atoms with Gasteiger partial charge in [0.2, 0.25) is 5.91 Å². The lowest BCUT2D eigenvalue weighted by atomic mass is 10.1. The van der Waals surface area contributed by atoms with E-state index in [0.29, 0.717) is 5.02 Å². The molecule has 0 spiro atoms. The van der Waals surface area contributed by atoms with Gasteiger partial charge in [-0.05, 0) is 67.2 Å². The number of hydrogen-bond acceptors (Lipinski definition) is 5. The number of anilines is 1. The van der Waals surface area contributed by atoms with Crippen LogP contribution in [0.5, 0.6) is 0 Å². The highest BCUT2D eigenvalue weighted by atomic mass is 35.5. The number of aromatic nitrogens is 1. The van der Waals surface area contributed by atoms with Crippen molar-refractivity contribution in [3.63, 3.8) is 0 Å². The topological polar surface area (TPSA) is 54.0 Å². The number of thiazole rings is 1. The van der Waals surface area contributed by atoms with Crippen molar-refractivity contribution in [3.8, 4) is 10.6 Å². The molecule has 156 valence electrons. The van der Waals surface area contributed by atoms with Crippen LogP contribution in [0.4, 0.5) is 5.69 Å². The molecule has 1 amide bonds. The number of thioether (sulfide) groups is 1. The van der Waals surface area contributed by atoms with Gasteiger partial charge in [-0.15, -0.1) is 23.1 Å². The minimum atomic E-state index is -0.169. The summed E-state index contributed by atoms with van der Waals surface area (Å²) in [7, 11) is 0. The Kier molecular flexibility index (Phi) is 6.87. The number of para-hydroxylation sites is 1. The van der Waals surface area contributed by atoms with Gasteiger partial charge in [-0.1, -0.05) is 35.9 Å². The van der Waals surface area contributed by atoms with Crippen molar-refractivity contribution in [2.45, 2.75) is 11.8 Å². The van der Waals surface area contributed by atoms with Crippen LogP contribution in [-0.2, 0) is 4.79 Å². The molecule has 0 aliphatic heterocycles. The van der Waals surface area contributed by atoms with Crippen LogP contribution in [-0.4, -0.2) is 21.8 Å². The second-order valence-corrected chi connectivity index (χ2v) is 9.63. The lowest BCUT2D eigenvalue weighted by Crippen LogP contribution is -2.35. The van der Waals surface area contributed by atoms with Gasteiger partial charge >= 0.3 is 0 Å². The summed E-state index contributed by atoms with van der Waals surface area (Å²) in [6, 6.07) is 21.4. The summed E-state index contributed by atoms with van der Waals surface area (Å²) in [4.78, 5) is 18.0. The monoisotopic (exact) mass is 483 g/mol. The van der Waals surface area contributed by atoms with Crippen LogP contribution in [0.1, 0.15) is 5.56 Å². The normalized spacial score (nSPS) is 10.8. The maximum atomic E-state index is 12.3. The van der Waals surface area contributed by atoms with E-state index in [-0.39, 0.29) is 16.8 Å². The molecule has 0 atom stereocenters. The summed E-state index contributed by atoms with van der Waals surface area (Å²) >= 11 is 14.3. The van der Waals surface area contributed by atoms with E-state index in [9.17, 15) is 4.79 Å². The number of amides is 1. The van der Waals surface area contributed by atoms with Crippen LogP contribution in [0.3, 0.4) is 0 Å². The fraction of sp³-hybridized carbons (Fsp3) is 0.0870. The van der Waals surface area contributed by atoms with Gasteiger partial charge in [0.15, 0.2) is 5.11 Å². The number of carbonyl (C=O) groups excluding carboxylic acids is 1. The van der Waals surface area contributed by atoms with Crippen LogP contribution in [0.15, 0.2) is 71.6 Å². The molecule has 1 heterocycles. The van der Waals surface area contributed by atoms with Crippen LogP contribution >= 0.6 is 46.9 Å². The van der Waals surface area contributed by atoms with Crippen molar-refractivity contribution >= 4 is 73.8 Å². The van der Waals surface area contributed by atoms with Gasteiger partial charge in [0.1, 0.15) is 5.01 Å². The van der Waals surface area contributed by atoms with Crippen molar-refractivity contribution in [1.82, 2.24) is 10.3 Å². The van der Waals surface area contributed by atoms with E-state index in [1.54, 1.807) is 23.5 Å². The van der Waals surface area contributed by atoms with Gasteiger partial charge in [0.25, 0.3) is 0 Å². The summed E-state index contributed by atoms with van der Waals surface area (Å²) in [5.41, 5.74) is 3.89. The summed E-state index contributed by atoms with van der Waals surface area (Å²) in [5, 5.41) is 7.77. The molecule has 0 fully saturated rings. The largest absolute Gasteiger partial charge is 0.332 e. The van der Waals surface area contributed by atoms with Crippen LogP contribution < -0.4 is 10.6 Å². The summed E-state index contributed by atoms with van der Waals surface area (Å²) < 4.78 is 1.15. The third-order valence-corrected chi connectivity index (χ3v) is 7.08. The average molecular weight is 484 g/mol. The molecule has 0 bridgehead atoms. The molecule has 1 aromatic heterocycles. The predicted molar refractivity (Wildman–Crippen MR) is 136 cm³/mol. The van der Waals surface area contributed by atoms with Crippen LogP contribution in [0.2, 0.25) is 5.02 Å². The standard InChI is InChI=1S/C23H18ClN3OS3/c1-14-17(22-25-19-6-2-3-8-20(19)31-22)5-4-7-18(14)26-23(29)27-21(28)13-30-16-11-9-15(24)10-12-16/h2-12H,13H2,1H3,(H2,26,27,28,29). The van der Waals surface area contributed by atoms with Gasteiger partial charge in [-0.25, -0.2) is 4.98 Å². The highest BCUT2D eigenvalue weighted by Gasteiger charge is 2.13. The molecular formula is C23H18ClN3OS3. The minimum absolute atomic E-state index is 0.169. The molecule has 4 aromatic rings. The maximum absolute atomic E-state index is 12.3. The van der Waals surface area contributed by atoms with E-state index in [2.05, 4.69) is 16.7 Å². The van der Waals surface area contributed by atoms with E-state index in [1.807, 2.05) is 55.5 Å². The number of carbonyl (C=O) groups is 1. The number of thiocarbonyl (C=S) groups is 1. The number of hydrogen-bond donors (Lipinski definition) is 2. The van der Waals surface area contributed by atoms with Crippen molar-refractivity contribution < 1.29 is 4.79 Å². The van der Waals surface area contributed by atoms with Crippen molar-refractivity contribution in [2.75, 3.05) is 11.1 Å². The third-order valence-electron chi connectivity index (χ3n) is 4.54. The average Bonchev–Trinajstić information content (AvgIpc) is 3.19. The van der Waals surface area contributed by atoms with Gasteiger partial charge in [-0.2, -0.15) is 0 Å². The second-order valence-electron chi connectivity index (χ2n) is 6.71. The Morgan fingerprint density at radius 2 is 1.87 bits per heavy atom. The number of fused-ring (bicyclic) bond motifs is 1. The summed E-state index contributed by atoms with van der Waals surface area (Å²) in [5.74, 6) is 0.0891. The van der Waals surface area contributed by atoms with Gasteiger partial charge < -0.3 is 10.6 Å². The van der Waals surface area contributed by atoms with Crippen molar-refractivity contribution in [1.29, 1.82) is 0 Å². The number of nitrogens with zero attached hydrogens (tertiary/aromatic N) is 1. The Bertz CT molecular complexity index is 1220. The Morgan fingerprint density at radius 1 is 1.10 bits per heavy atom. The summed E-state index contributed by atoms with van der Waals surface area (Å²) in [6.45, 7) is 2.02. The van der Waals surface area contributed by atoms with E-state index in [0.717, 1.165) is 36.9 Å². The zero-order valence-corrected chi connectivity index (χ0v) is 19.7. The highest BCUT2D eigenvalue weighted by molar-refractivity contribution is 8.00. The Balaban J connectivity index is 1.40. The number of halogens is 1. The molecule has 0 saturated carbocycles. The Hall–Kier alpha value is -2.45. The van der Waals surface area contributed by atoms with Gasteiger partial charge in [-0.3, -0.25) is 4.79 Å². The molecule has 0 unspecified atom stereocenters. The fourth-order valence-corrected chi connectivity index (χ4v) is 5.08. The molecule has 0 aliphatic rings. The summed E-state index contributed by atoms with van der Waals surface area (Å²) in [6.07, 6.45) is 0. The molecule has 0 radical (unpaired) electrons. The van der Waals surface area contributed by atoms with E-state index >= 15 is 0 Å². The van der Waals surface area contributed by atoms with E-state index in [4.69, 9.17) is 28.8 Å². The number of rotatable bonds is 5. The smallest absolute Gasteiger partial charge is 0.236 e. The van der Waals surface area contributed by atoms with Crippen molar-refractivity contribution in [2.24, 2.45) is 0 Å². The van der Waals surface area contributed by atoms with Gasteiger partial charge in [0, 0.05) is 21.2 Å². The second kappa shape index (κ2) is 9.78. The van der Waals surface area contributed by atoms with E-state index < -0.39 is 0 Å². The lowest BCUT2D eigenvalue weighted by Gasteiger charge is -2.13. The number of benzene rings is 3. The predicted octanol–water partition coefficient (Wildman–Crippen LogP) is 6.53. The first kappa shape index (κ1) is 21.8. The van der Waals surface area contributed by atoms with Crippen LogP contribution in [0.25, 0.3) is 20.8 Å². The molecule has 2 N–H and O–H groups in total. The van der Waals surface area contributed by atoms with Crippen LogP contribution in [0, 0.1) is 6.92 Å². The minimum Gasteiger partial charge on any atom is -0.332 e. The first-order valence-electron chi connectivity index (χ1n) is 9.44.